The van der Waals surface area contributed by atoms with E-state index in [-0.39, 0.29) is 5.75 Å². The Kier molecular flexibility index (Phi) is 6.33. The van der Waals surface area contributed by atoms with Crippen LogP contribution in [0, 0.1) is 0 Å². The number of piperazine rings is 1. The molecule has 5 heteroatoms. The van der Waals surface area contributed by atoms with Crippen LogP contribution in [0.25, 0.3) is 0 Å². The minimum absolute atomic E-state index is 0.281. The van der Waals surface area contributed by atoms with Gasteiger partial charge in [0, 0.05) is 32.2 Å². The molecule has 0 spiro atoms. The van der Waals surface area contributed by atoms with Gasteiger partial charge in [0.15, 0.2) is 0 Å². The first-order chi connectivity index (χ1) is 9.63. The minimum atomic E-state index is 0.281. The predicted octanol–water partition coefficient (Wildman–Crippen LogP) is 4.05. The molecule has 1 saturated heterocycles. The number of halogens is 2. The molecule has 1 aromatic rings. The number of unbranched alkanes of at least 4 members (excludes halogenated alkanes) is 1. The predicted molar refractivity (Wildman–Crippen MR) is 90.2 cm³/mol. The van der Waals surface area contributed by atoms with Crippen LogP contribution in [0.1, 0.15) is 37.8 Å². The second-order valence-electron chi connectivity index (χ2n) is 5.28. The highest BCUT2D eigenvalue weighted by Gasteiger charge is 2.23. The smallest absolute Gasteiger partial charge is 0.143 e. The third-order valence-electron chi connectivity index (χ3n) is 3.85. The summed E-state index contributed by atoms with van der Waals surface area (Å²) in [6.07, 6.45) is 3.61. The van der Waals surface area contributed by atoms with Gasteiger partial charge >= 0.3 is 0 Å². The van der Waals surface area contributed by atoms with Crippen molar-refractivity contribution < 1.29 is 5.11 Å². The molecule has 1 heterocycles. The minimum Gasteiger partial charge on any atom is -0.506 e. The molecule has 0 aliphatic carbocycles. The molecule has 112 valence electrons. The highest BCUT2D eigenvalue weighted by molar-refractivity contribution is 9.11. The van der Waals surface area contributed by atoms with Crippen molar-refractivity contribution in [3.63, 3.8) is 0 Å². The van der Waals surface area contributed by atoms with E-state index < -0.39 is 0 Å². The highest BCUT2D eigenvalue weighted by atomic mass is 79.9. The fourth-order valence-corrected chi connectivity index (χ4v) is 3.95. The van der Waals surface area contributed by atoms with Gasteiger partial charge in [-0.25, -0.2) is 0 Å². The van der Waals surface area contributed by atoms with Gasteiger partial charge in [-0.05, 0) is 56.0 Å². The molecular formula is C15H22Br2N2O. The lowest BCUT2D eigenvalue weighted by Gasteiger charge is -2.35. The van der Waals surface area contributed by atoms with Crippen LogP contribution in [-0.4, -0.2) is 36.2 Å². The summed E-state index contributed by atoms with van der Waals surface area (Å²) in [5.41, 5.74) is 1.27. The molecule has 0 saturated carbocycles. The second-order valence-corrected chi connectivity index (χ2v) is 6.99. The number of hydrogen-bond donors (Lipinski definition) is 2. The van der Waals surface area contributed by atoms with Crippen molar-refractivity contribution in [2.75, 3.05) is 26.2 Å². The maximum atomic E-state index is 9.88. The summed E-state index contributed by atoms with van der Waals surface area (Å²) in [4.78, 5) is 2.55. The number of phenols is 1. The molecule has 1 aromatic carbocycles. The first-order valence-electron chi connectivity index (χ1n) is 7.26. The van der Waals surface area contributed by atoms with Gasteiger partial charge in [-0.2, -0.15) is 0 Å². The number of phenolic OH excluding ortho intramolecular Hbond substituents is 1. The molecule has 1 fully saturated rings. The number of rotatable bonds is 5. The summed E-state index contributed by atoms with van der Waals surface area (Å²) in [7, 11) is 0. The molecular weight excluding hydrogens is 384 g/mol. The molecule has 1 aliphatic heterocycles. The Morgan fingerprint density at radius 2 is 1.85 bits per heavy atom. The summed E-state index contributed by atoms with van der Waals surface area (Å²) in [5.74, 6) is 0.281. The van der Waals surface area contributed by atoms with Gasteiger partial charge in [0.05, 0.1) is 8.95 Å². The van der Waals surface area contributed by atoms with Crippen molar-refractivity contribution in [2.45, 2.75) is 32.2 Å². The number of nitrogens with one attached hydrogen (secondary N) is 1. The lowest BCUT2D eigenvalue weighted by atomic mass is 9.98. The van der Waals surface area contributed by atoms with Gasteiger partial charge in [0.25, 0.3) is 0 Å². The molecule has 0 bridgehead atoms. The monoisotopic (exact) mass is 404 g/mol. The van der Waals surface area contributed by atoms with Crippen LogP contribution in [0.3, 0.4) is 0 Å². The van der Waals surface area contributed by atoms with Crippen LogP contribution < -0.4 is 5.32 Å². The van der Waals surface area contributed by atoms with E-state index in [9.17, 15) is 5.11 Å². The van der Waals surface area contributed by atoms with Gasteiger partial charge in [0.2, 0.25) is 0 Å². The third-order valence-corrected chi connectivity index (χ3v) is 5.06. The van der Waals surface area contributed by atoms with Crippen LogP contribution >= 0.6 is 31.9 Å². The molecule has 0 radical (unpaired) electrons. The number of nitrogens with zero attached hydrogens (tertiary/aromatic N) is 1. The van der Waals surface area contributed by atoms with Gasteiger partial charge in [-0.1, -0.05) is 19.8 Å². The van der Waals surface area contributed by atoms with E-state index >= 15 is 0 Å². The molecule has 0 aromatic heterocycles. The van der Waals surface area contributed by atoms with Crippen LogP contribution in [0.4, 0.5) is 0 Å². The van der Waals surface area contributed by atoms with Crippen molar-refractivity contribution in [2.24, 2.45) is 0 Å². The van der Waals surface area contributed by atoms with E-state index in [0.717, 1.165) is 35.1 Å². The first kappa shape index (κ1) is 16.3. The lowest BCUT2D eigenvalue weighted by molar-refractivity contribution is 0.163. The molecule has 0 unspecified atom stereocenters. The fourth-order valence-electron chi connectivity index (χ4n) is 2.73. The Bertz CT molecular complexity index is 424. The Hall–Kier alpha value is -0.100. The highest BCUT2D eigenvalue weighted by Crippen LogP contribution is 2.37. The molecule has 2 rings (SSSR count). The van der Waals surface area contributed by atoms with Crippen molar-refractivity contribution in [3.05, 3.63) is 26.6 Å². The molecule has 1 aliphatic rings. The average molecular weight is 406 g/mol. The largest absolute Gasteiger partial charge is 0.506 e. The number of benzene rings is 1. The maximum absolute atomic E-state index is 9.88. The molecule has 0 amide bonds. The van der Waals surface area contributed by atoms with Gasteiger partial charge in [-0.3, -0.25) is 4.90 Å². The van der Waals surface area contributed by atoms with E-state index in [2.05, 4.69) is 61.1 Å². The Morgan fingerprint density at radius 1 is 1.25 bits per heavy atom. The SMILES string of the molecule is CCCC[C@H](c1cc(Br)c(O)c(Br)c1)N1CCNCC1. The summed E-state index contributed by atoms with van der Waals surface area (Å²) < 4.78 is 1.53. The zero-order valence-electron chi connectivity index (χ0n) is 11.8. The summed E-state index contributed by atoms with van der Waals surface area (Å²) in [6, 6.07) is 4.55. The molecule has 2 N–H and O–H groups in total. The summed E-state index contributed by atoms with van der Waals surface area (Å²) in [6.45, 7) is 6.53. The van der Waals surface area contributed by atoms with Crippen LogP contribution in [0.2, 0.25) is 0 Å². The molecule has 3 nitrogen and oxygen atoms in total. The normalized spacial score (nSPS) is 18.1. The molecule has 20 heavy (non-hydrogen) atoms. The van der Waals surface area contributed by atoms with E-state index in [4.69, 9.17) is 0 Å². The first-order valence-corrected chi connectivity index (χ1v) is 8.84. The van der Waals surface area contributed by atoms with Crippen molar-refractivity contribution in [1.29, 1.82) is 0 Å². The fraction of sp³-hybridized carbons (Fsp3) is 0.600. The van der Waals surface area contributed by atoms with Crippen molar-refractivity contribution in [3.8, 4) is 5.75 Å². The van der Waals surface area contributed by atoms with Gasteiger partial charge in [-0.15, -0.1) is 0 Å². The van der Waals surface area contributed by atoms with Gasteiger partial charge < -0.3 is 10.4 Å². The Labute approximate surface area is 138 Å². The Balaban J connectivity index is 2.25. The maximum Gasteiger partial charge on any atom is 0.143 e. The summed E-state index contributed by atoms with van der Waals surface area (Å²) in [5, 5.41) is 13.3. The Morgan fingerprint density at radius 3 is 2.40 bits per heavy atom. The van der Waals surface area contributed by atoms with Gasteiger partial charge in [0.1, 0.15) is 5.75 Å². The second kappa shape index (κ2) is 7.78. The number of aromatic hydroxyl groups is 1. The third kappa shape index (κ3) is 3.97. The quantitative estimate of drug-likeness (QED) is 0.775. The van der Waals surface area contributed by atoms with E-state index in [1.165, 1.54) is 24.8 Å². The standard InChI is InChI=1S/C15H22Br2N2O/c1-2-3-4-14(19-7-5-18-6-8-19)11-9-12(16)15(20)13(17)10-11/h9-10,14,18,20H,2-8H2,1H3/t14-/m1/s1. The topological polar surface area (TPSA) is 35.5 Å². The zero-order valence-corrected chi connectivity index (χ0v) is 15.0. The van der Waals surface area contributed by atoms with Crippen molar-refractivity contribution in [1.82, 2.24) is 10.2 Å². The molecule has 1 atom stereocenters. The summed E-state index contributed by atoms with van der Waals surface area (Å²) >= 11 is 6.89. The van der Waals surface area contributed by atoms with Crippen LogP contribution in [0.15, 0.2) is 21.1 Å². The van der Waals surface area contributed by atoms with Crippen LogP contribution in [0.5, 0.6) is 5.75 Å². The average Bonchev–Trinajstić information content (AvgIpc) is 2.46. The zero-order chi connectivity index (χ0) is 14.5. The van der Waals surface area contributed by atoms with E-state index in [1.807, 2.05) is 0 Å². The lowest BCUT2D eigenvalue weighted by Crippen LogP contribution is -2.45. The van der Waals surface area contributed by atoms with Crippen molar-refractivity contribution >= 4 is 31.9 Å². The van der Waals surface area contributed by atoms with E-state index in [1.54, 1.807) is 0 Å². The number of hydrogen-bond acceptors (Lipinski definition) is 3. The van der Waals surface area contributed by atoms with Crippen LogP contribution in [-0.2, 0) is 0 Å². The van der Waals surface area contributed by atoms with E-state index in [0.29, 0.717) is 6.04 Å².